The molecule has 0 aliphatic carbocycles. The number of benzene rings is 1. The van der Waals surface area contributed by atoms with Gasteiger partial charge in [-0.1, -0.05) is 39.0 Å². The van der Waals surface area contributed by atoms with Crippen molar-refractivity contribution in [3.63, 3.8) is 0 Å². The molecule has 1 fully saturated rings. The summed E-state index contributed by atoms with van der Waals surface area (Å²) in [6.45, 7) is 13.7. The Balaban J connectivity index is 2.05. The van der Waals surface area contributed by atoms with Crippen LogP contribution in [0, 0.1) is 12.8 Å². The van der Waals surface area contributed by atoms with Crippen molar-refractivity contribution in [2.75, 3.05) is 26.7 Å². The lowest BCUT2D eigenvalue weighted by molar-refractivity contribution is 0.218. The van der Waals surface area contributed by atoms with E-state index in [1.807, 2.05) is 0 Å². The molecule has 1 aromatic rings. The Kier molecular flexibility index (Phi) is 4.32. The van der Waals surface area contributed by atoms with E-state index in [0.29, 0.717) is 0 Å². The summed E-state index contributed by atoms with van der Waals surface area (Å²) in [6, 6.07) is 6.94. The maximum absolute atomic E-state index is 3.34. The molecule has 1 N–H and O–H groups in total. The summed E-state index contributed by atoms with van der Waals surface area (Å²) < 4.78 is 0. The van der Waals surface area contributed by atoms with Gasteiger partial charge in [-0.3, -0.25) is 0 Å². The van der Waals surface area contributed by atoms with Crippen LogP contribution in [0.4, 0.5) is 0 Å². The third-order valence-corrected chi connectivity index (χ3v) is 4.09. The van der Waals surface area contributed by atoms with E-state index in [2.05, 4.69) is 63.2 Å². The van der Waals surface area contributed by atoms with Crippen molar-refractivity contribution in [2.45, 2.75) is 39.7 Å². The topological polar surface area (TPSA) is 15.3 Å². The van der Waals surface area contributed by atoms with Gasteiger partial charge in [0.15, 0.2) is 0 Å². The van der Waals surface area contributed by atoms with Crippen molar-refractivity contribution in [1.29, 1.82) is 0 Å². The molecule has 2 rings (SSSR count). The highest BCUT2D eigenvalue weighted by atomic mass is 15.1. The Labute approximate surface area is 118 Å². The molecule has 0 bridgehead atoms. The molecule has 0 radical (unpaired) electrons. The monoisotopic (exact) mass is 260 g/mol. The Hall–Kier alpha value is -0.860. The van der Waals surface area contributed by atoms with Gasteiger partial charge in [-0.25, -0.2) is 0 Å². The molecular formula is C17H28N2. The van der Waals surface area contributed by atoms with Crippen molar-refractivity contribution in [3.05, 3.63) is 34.9 Å². The Morgan fingerprint density at radius 1 is 1.26 bits per heavy atom. The molecule has 0 saturated carbocycles. The fourth-order valence-electron chi connectivity index (χ4n) is 2.58. The van der Waals surface area contributed by atoms with E-state index >= 15 is 0 Å². The van der Waals surface area contributed by atoms with Gasteiger partial charge in [0.05, 0.1) is 0 Å². The van der Waals surface area contributed by atoms with Crippen LogP contribution in [-0.4, -0.2) is 31.6 Å². The smallest absolute Gasteiger partial charge is 0.0233 e. The first kappa shape index (κ1) is 14.5. The van der Waals surface area contributed by atoms with Crippen LogP contribution >= 0.6 is 0 Å². The normalized spacial score (nSPS) is 16.7. The minimum Gasteiger partial charge on any atom is -0.316 e. The highest BCUT2D eigenvalue weighted by Crippen LogP contribution is 2.25. The summed E-state index contributed by atoms with van der Waals surface area (Å²) in [7, 11) is 2.24. The minimum atomic E-state index is 0.235. The average molecular weight is 260 g/mol. The first-order valence-corrected chi connectivity index (χ1v) is 7.35. The van der Waals surface area contributed by atoms with E-state index in [9.17, 15) is 0 Å². The van der Waals surface area contributed by atoms with Crippen LogP contribution in [-0.2, 0) is 12.0 Å². The lowest BCUT2D eigenvalue weighted by Gasteiger charge is -2.31. The number of nitrogens with one attached hydrogen (secondary N) is 1. The van der Waals surface area contributed by atoms with Crippen LogP contribution in [0.3, 0.4) is 0 Å². The van der Waals surface area contributed by atoms with Crippen LogP contribution in [0.5, 0.6) is 0 Å². The number of nitrogens with zero attached hydrogens (tertiary/aromatic N) is 1. The van der Waals surface area contributed by atoms with E-state index in [4.69, 9.17) is 0 Å². The Morgan fingerprint density at radius 3 is 2.47 bits per heavy atom. The SMILES string of the molecule is Cc1ccc(C(C)(C)C)cc1CN(C)CC1CNC1. The summed E-state index contributed by atoms with van der Waals surface area (Å²) >= 11 is 0. The van der Waals surface area contributed by atoms with E-state index in [0.717, 1.165) is 12.5 Å². The number of hydrogen-bond acceptors (Lipinski definition) is 2. The number of rotatable bonds is 4. The van der Waals surface area contributed by atoms with Gasteiger partial charge in [0.2, 0.25) is 0 Å². The van der Waals surface area contributed by atoms with Gasteiger partial charge >= 0.3 is 0 Å². The van der Waals surface area contributed by atoms with Crippen molar-refractivity contribution < 1.29 is 0 Å². The molecular weight excluding hydrogens is 232 g/mol. The van der Waals surface area contributed by atoms with Crippen LogP contribution in [0.2, 0.25) is 0 Å². The second-order valence-corrected chi connectivity index (χ2v) is 7.11. The highest BCUT2D eigenvalue weighted by molar-refractivity contribution is 5.34. The van der Waals surface area contributed by atoms with Gasteiger partial charge in [0, 0.05) is 26.2 Å². The molecule has 1 saturated heterocycles. The second-order valence-electron chi connectivity index (χ2n) is 7.11. The second kappa shape index (κ2) is 5.64. The van der Waals surface area contributed by atoms with Crippen molar-refractivity contribution >= 4 is 0 Å². The molecule has 2 nitrogen and oxygen atoms in total. The van der Waals surface area contributed by atoms with Crippen molar-refractivity contribution in [3.8, 4) is 0 Å². The fourth-order valence-corrected chi connectivity index (χ4v) is 2.58. The van der Waals surface area contributed by atoms with Crippen LogP contribution in [0.1, 0.15) is 37.5 Å². The molecule has 0 amide bonds. The van der Waals surface area contributed by atoms with E-state index in [1.165, 1.54) is 36.3 Å². The van der Waals surface area contributed by atoms with E-state index in [-0.39, 0.29) is 5.41 Å². The molecule has 0 unspecified atom stereocenters. The summed E-state index contributed by atoms with van der Waals surface area (Å²) in [5, 5.41) is 3.34. The molecule has 0 aromatic heterocycles. The lowest BCUT2D eigenvalue weighted by atomic mass is 9.85. The van der Waals surface area contributed by atoms with Crippen LogP contribution < -0.4 is 5.32 Å². The molecule has 1 aliphatic rings. The number of aryl methyl sites for hydroxylation is 1. The van der Waals surface area contributed by atoms with E-state index < -0.39 is 0 Å². The fraction of sp³-hybridized carbons (Fsp3) is 0.647. The third-order valence-electron chi connectivity index (χ3n) is 4.09. The minimum absolute atomic E-state index is 0.235. The Bertz CT molecular complexity index is 427. The van der Waals surface area contributed by atoms with Gasteiger partial charge in [0.1, 0.15) is 0 Å². The van der Waals surface area contributed by atoms with Gasteiger partial charge in [0.25, 0.3) is 0 Å². The first-order valence-electron chi connectivity index (χ1n) is 7.35. The molecule has 2 heteroatoms. The van der Waals surface area contributed by atoms with Crippen LogP contribution in [0.15, 0.2) is 18.2 Å². The predicted molar refractivity (Wildman–Crippen MR) is 82.6 cm³/mol. The van der Waals surface area contributed by atoms with Crippen molar-refractivity contribution in [2.24, 2.45) is 5.92 Å². The lowest BCUT2D eigenvalue weighted by Crippen LogP contribution is -2.47. The molecule has 19 heavy (non-hydrogen) atoms. The summed E-state index contributed by atoms with van der Waals surface area (Å²) in [6.07, 6.45) is 0. The quantitative estimate of drug-likeness (QED) is 0.895. The maximum Gasteiger partial charge on any atom is 0.0233 e. The highest BCUT2D eigenvalue weighted by Gasteiger charge is 2.19. The standard InChI is InChI=1S/C17H28N2/c1-13-6-7-16(17(2,3)4)8-15(13)12-19(5)11-14-9-18-10-14/h6-8,14,18H,9-12H2,1-5H3. The van der Waals surface area contributed by atoms with Gasteiger partial charge < -0.3 is 10.2 Å². The summed E-state index contributed by atoms with van der Waals surface area (Å²) in [4.78, 5) is 2.46. The molecule has 1 heterocycles. The zero-order valence-electron chi connectivity index (χ0n) is 13.1. The summed E-state index contributed by atoms with van der Waals surface area (Å²) in [5.41, 5.74) is 4.56. The number of hydrogen-bond donors (Lipinski definition) is 1. The van der Waals surface area contributed by atoms with Gasteiger partial charge in [-0.15, -0.1) is 0 Å². The zero-order chi connectivity index (χ0) is 14.0. The van der Waals surface area contributed by atoms with E-state index in [1.54, 1.807) is 0 Å². The predicted octanol–water partition coefficient (Wildman–Crippen LogP) is 2.94. The zero-order valence-corrected chi connectivity index (χ0v) is 13.1. The van der Waals surface area contributed by atoms with Crippen molar-refractivity contribution in [1.82, 2.24) is 10.2 Å². The molecule has 106 valence electrons. The average Bonchev–Trinajstić information content (AvgIpc) is 2.25. The third kappa shape index (κ3) is 3.80. The largest absolute Gasteiger partial charge is 0.316 e. The molecule has 0 spiro atoms. The molecule has 0 atom stereocenters. The van der Waals surface area contributed by atoms with Gasteiger partial charge in [-0.2, -0.15) is 0 Å². The van der Waals surface area contributed by atoms with Crippen LogP contribution in [0.25, 0.3) is 0 Å². The Morgan fingerprint density at radius 2 is 1.95 bits per heavy atom. The molecule has 1 aliphatic heterocycles. The molecule has 1 aromatic carbocycles. The maximum atomic E-state index is 3.34. The van der Waals surface area contributed by atoms with Gasteiger partial charge in [-0.05, 0) is 42.0 Å². The first-order chi connectivity index (χ1) is 8.86. The summed E-state index contributed by atoms with van der Waals surface area (Å²) in [5.74, 6) is 0.844.